The van der Waals surface area contributed by atoms with Crippen LogP contribution in [0.1, 0.15) is 12.0 Å². The van der Waals surface area contributed by atoms with Crippen LogP contribution in [0.3, 0.4) is 0 Å². The molecule has 108 valence electrons. The second kappa shape index (κ2) is 6.70. The van der Waals surface area contributed by atoms with Crippen molar-refractivity contribution in [3.05, 3.63) is 60.7 Å². The minimum Gasteiger partial charge on any atom is -0.480 e. The average molecular weight is 283 g/mol. The molecule has 2 aromatic carbocycles. The SMILES string of the molecule is C=CC[C@H](NC(=O)Cc1ccc2ccccc2c1)C(=O)O. The van der Waals surface area contributed by atoms with Gasteiger partial charge in [0, 0.05) is 0 Å². The van der Waals surface area contributed by atoms with Crippen LogP contribution in [0, 0.1) is 0 Å². The molecule has 0 heterocycles. The van der Waals surface area contributed by atoms with E-state index < -0.39 is 12.0 Å². The number of hydrogen-bond donors (Lipinski definition) is 2. The van der Waals surface area contributed by atoms with Gasteiger partial charge in [-0.15, -0.1) is 6.58 Å². The topological polar surface area (TPSA) is 66.4 Å². The zero-order valence-corrected chi connectivity index (χ0v) is 11.6. The van der Waals surface area contributed by atoms with Crippen molar-refractivity contribution in [2.75, 3.05) is 0 Å². The second-order valence-corrected chi connectivity index (χ2v) is 4.84. The zero-order valence-electron chi connectivity index (χ0n) is 11.6. The number of rotatable bonds is 6. The van der Waals surface area contributed by atoms with Crippen molar-refractivity contribution < 1.29 is 14.7 Å². The maximum Gasteiger partial charge on any atom is 0.326 e. The smallest absolute Gasteiger partial charge is 0.326 e. The van der Waals surface area contributed by atoms with Crippen molar-refractivity contribution in [2.45, 2.75) is 18.9 Å². The van der Waals surface area contributed by atoms with Crippen molar-refractivity contribution in [3.8, 4) is 0 Å². The van der Waals surface area contributed by atoms with Crippen molar-refractivity contribution in [2.24, 2.45) is 0 Å². The number of benzene rings is 2. The molecule has 2 rings (SSSR count). The number of carboxylic acids is 1. The molecule has 0 aliphatic rings. The van der Waals surface area contributed by atoms with Crippen LogP contribution in [-0.2, 0) is 16.0 Å². The van der Waals surface area contributed by atoms with Crippen LogP contribution in [0.5, 0.6) is 0 Å². The quantitative estimate of drug-likeness (QED) is 0.801. The van der Waals surface area contributed by atoms with E-state index in [1.54, 1.807) is 0 Å². The van der Waals surface area contributed by atoms with Gasteiger partial charge in [0.15, 0.2) is 0 Å². The van der Waals surface area contributed by atoms with Gasteiger partial charge in [0.2, 0.25) is 5.91 Å². The van der Waals surface area contributed by atoms with Crippen molar-refractivity contribution in [3.63, 3.8) is 0 Å². The fraction of sp³-hybridized carbons (Fsp3) is 0.176. The van der Waals surface area contributed by atoms with Gasteiger partial charge in [-0.05, 0) is 22.8 Å². The molecule has 0 aliphatic carbocycles. The standard InChI is InChI=1S/C17H17NO3/c1-2-5-15(17(20)21)18-16(19)11-12-8-9-13-6-3-4-7-14(13)10-12/h2-4,6-10,15H,1,5,11H2,(H,18,19)(H,20,21)/t15-/m0/s1. The van der Waals surface area contributed by atoms with E-state index in [2.05, 4.69) is 11.9 Å². The number of fused-ring (bicyclic) bond motifs is 1. The first kappa shape index (κ1) is 14.8. The van der Waals surface area contributed by atoms with Crippen LogP contribution in [0.4, 0.5) is 0 Å². The van der Waals surface area contributed by atoms with Crippen LogP contribution in [0.15, 0.2) is 55.1 Å². The number of carbonyl (C=O) groups excluding carboxylic acids is 1. The molecule has 0 aliphatic heterocycles. The summed E-state index contributed by atoms with van der Waals surface area (Å²) in [4.78, 5) is 22.9. The number of hydrogen-bond acceptors (Lipinski definition) is 2. The van der Waals surface area contributed by atoms with E-state index in [9.17, 15) is 9.59 Å². The van der Waals surface area contributed by atoms with E-state index in [4.69, 9.17) is 5.11 Å². The van der Waals surface area contributed by atoms with Gasteiger partial charge in [0.05, 0.1) is 6.42 Å². The molecule has 0 radical (unpaired) electrons. The first-order valence-electron chi connectivity index (χ1n) is 6.71. The van der Waals surface area contributed by atoms with E-state index in [1.165, 1.54) is 6.08 Å². The lowest BCUT2D eigenvalue weighted by molar-refractivity contribution is -0.141. The number of carboxylic acid groups (broad SMARTS) is 1. The van der Waals surface area contributed by atoms with E-state index in [1.807, 2.05) is 42.5 Å². The fourth-order valence-corrected chi connectivity index (χ4v) is 2.17. The Labute approximate surface area is 123 Å². The summed E-state index contributed by atoms with van der Waals surface area (Å²) in [5, 5.41) is 13.7. The Balaban J connectivity index is 2.06. The Morgan fingerprint density at radius 2 is 1.90 bits per heavy atom. The molecular formula is C17H17NO3. The maximum absolute atomic E-state index is 11.9. The van der Waals surface area contributed by atoms with Crippen molar-refractivity contribution in [1.82, 2.24) is 5.32 Å². The Bertz CT molecular complexity index is 679. The highest BCUT2D eigenvalue weighted by Gasteiger charge is 2.18. The predicted molar refractivity (Wildman–Crippen MR) is 82.0 cm³/mol. The summed E-state index contributed by atoms with van der Waals surface area (Å²) in [7, 11) is 0. The maximum atomic E-state index is 11.9. The minimum absolute atomic E-state index is 0.158. The first-order chi connectivity index (χ1) is 10.1. The third-order valence-electron chi connectivity index (χ3n) is 3.21. The van der Waals surface area contributed by atoms with Crippen LogP contribution in [0.2, 0.25) is 0 Å². The van der Waals surface area contributed by atoms with Crippen molar-refractivity contribution in [1.29, 1.82) is 0 Å². The zero-order chi connectivity index (χ0) is 15.2. The highest BCUT2D eigenvalue weighted by atomic mass is 16.4. The Hall–Kier alpha value is -2.62. The molecule has 2 aromatic rings. The highest BCUT2D eigenvalue weighted by molar-refractivity contribution is 5.87. The van der Waals surface area contributed by atoms with Crippen LogP contribution in [0.25, 0.3) is 10.8 Å². The third-order valence-corrected chi connectivity index (χ3v) is 3.21. The summed E-state index contributed by atoms with van der Waals surface area (Å²) in [6.07, 6.45) is 1.85. The summed E-state index contributed by atoms with van der Waals surface area (Å²) >= 11 is 0. The molecule has 0 unspecified atom stereocenters. The highest BCUT2D eigenvalue weighted by Crippen LogP contribution is 2.16. The van der Waals surface area contributed by atoms with E-state index in [0.29, 0.717) is 0 Å². The Morgan fingerprint density at radius 1 is 1.19 bits per heavy atom. The van der Waals surface area contributed by atoms with Gasteiger partial charge in [-0.3, -0.25) is 4.79 Å². The molecule has 2 N–H and O–H groups in total. The molecular weight excluding hydrogens is 266 g/mol. The monoisotopic (exact) mass is 283 g/mol. The Morgan fingerprint density at radius 3 is 2.57 bits per heavy atom. The molecule has 0 bridgehead atoms. The van der Waals surface area contributed by atoms with E-state index in [0.717, 1.165) is 16.3 Å². The Kier molecular flexibility index (Phi) is 4.72. The average Bonchev–Trinajstić information content (AvgIpc) is 2.46. The number of carbonyl (C=O) groups is 2. The molecule has 0 saturated heterocycles. The lowest BCUT2D eigenvalue weighted by Gasteiger charge is -2.12. The van der Waals surface area contributed by atoms with Gasteiger partial charge >= 0.3 is 5.97 Å². The first-order valence-corrected chi connectivity index (χ1v) is 6.71. The van der Waals surface area contributed by atoms with E-state index in [-0.39, 0.29) is 18.7 Å². The van der Waals surface area contributed by atoms with Gasteiger partial charge in [-0.25, -0.2) is 4.79 Å². The molecule has 21 heavy (non-hydrogen) atoms. The van der Waals surface area contributed by atoms with Crippen LogP contribution < -0.4 is 5.32 Å². The van der Waals surface area contributed by atoms with Gasteiger partial charge in [0.25, 0.3) is 0 Å². The summed E-state index contributed by atoms with van der Waals surface area (Å²) < 4.78 is 0. The summed E-state index contributed by atoms with van der Waals surface area (Å²) in [6.45, 7) is 3.49. The number of amides is 1. The number of nitrogens with one attached hydrogen (secondary N) is 1. The molecule has 4 nitrogen and oxygen atoms in total. The number of aliphatic carboxylic acids is 1. The molecule has 0 spiro atoms. The van der Waals surface area contributed by atoms with Gasteiger partial charge in [-0.1, -0.05) is 48.5 Å². The largest absolute Gasteiger partial charge is 0.480 e. The predicted octanol–water partition coefficient (Wildman–Crippen LogP) is 2.53. The lowest BCUT2D eigenvalue weighted by Crippen LogP contribution is -2.41. The van der Waals surface area contributed by atoms with Gasteiger partial charge < -0.3 is 10.4 Å². The van der Waals surface area contributed by atoms with Gasteiger partial charge in [-0.2, -0.15) is 0 Å². The fourth-order valence-electron chi connectivity index (χ4n) is 2.17. The molecule has 1 amide bonds. The third kappa shape index (κ3) is 3.92. The normalized spacial score (nSPS) is 11.8. The van der Waals surface area contributed by atoms with E-state index >= 15 is 0 Å². The second-order valence-electron chi connectivity index (χ2n) is 4.84. The lowest BCUT2D eigenvalue weighted by atomic mass is 10.0. The molecule has 1 atom stereocenters. The van der Waals surface area contributed by atoms with Crippen molar-refractivity contribution >= 4 is 22.6 Å². The van der Waals surface area contributed by atoms with Crippen LogP contribution >= 0.6 is 0 Å². The summed E-state index contributed by atoms with van der Waals surface area (Å²) in [5.74, 6) is -1.36. The molecule has 0 saturated carbocycles. The van der Waals surface area contributed by atoms with Gasteiger partial charge in [0.1, 0.15) is 6.04 Å². The minimum atomic E-state index is -1.05. The van der Waals surface area contributed by atoms with Crippen LogP contribution in [-0.4, -0.2) is 23.0 Å². The molecule has 0 aromatic heterocycles. The summed E-state index contributed by atoms with van der Waals surface area (Å²) in [6, 6.07) is 12.7. The summed E-state index contributed by atoms with van der Waals surface area (Å²) in [5.41, 5.74) is 0.856. The molecule has 4 heteroatoms. The molecule has 0 fully saturated rings.